The predicted octanol–water partition coefficient (Wildman–Crippen LogP) is 1.78. The molecule has 0 radical (unpaired) electrons. The highest BCUT2D eigenvalue weighted by atomic mass is 16.3. The van der Waals surface area contributed by atoms with Crippen LogP contribution in [-0.4, -0.2) is 31.5 Å². The number of aryl methyl sites for hydroxylation is 1. The second-order valence-corrected chi connectivity index (χ2v) is 4.64. The van der Waals surface area contributed by atoms with Gasteiger partial charge in [0, 0.05) is 24.0 Å². The molecule has 0 saturated heterocycles. The molecule has 0 aliphatic rings. The monoisotopic (exact) mass is 287 g/mol. The van der Waals surface area contributed by atoms with Gasteiger partial charge in [-0.25, -0.2) is 9.67 Å². The zero-order valence-electron chi connectivity index (χ0n) is 11.7. The molecule has 7 nitrogen and oxygen atoms in total. The Kier molecular flexibility index (Phi) is 3.74. The molecular weight excluding hydrogens is 270 g/mol. The summed E-state index contributed by atoms with van der Waals surface area (Å²) in [5.41, 5.74) is 1.77. The largest absolute Gasteiger partial charge is 0.469 e. The summed E-state index contributed by atoms with van der Waals surface area (Å²) in [5, 5.41) is 16.9. The number of hydrogen-bond acceptors (Lipinski definition) is 5. The van der Waals surface area contributed by atoms with Crippen LogP contribution in [0.2, 0.25) is 0 Å². The molecule has 0 spiro atoms. The fourth-order valence-electron chi connectivity index (χ4n) is 2.18. The standard InChI is InChI=1S/C14H17N5O2/c1-10-11(2-7-21-10)12-8-14(19(18-12)5-6-20)17-9-13-15-3-4-16-13/h2-4,7-8,17,20H,5-6,9H2,1H3,(H,15,16). The molecule has 110 valence electrons. The van der Waals surface area contributed by atoms with Gasteiger partial charge in [-0.3, -0.25) is 0 Å². The number of furan rings is 1. The second kappa shape index (κ2) is 5.84. The van der Waals surface area contributed by atoms with Gasteiger partial charge in [0.15, 0.2) is 0 Å². The molecular formula is C14H17N5O2. The first-order chi connectivity index (χ1) is 10.3. The maximum Gasteiger partial charge on any atom is 0.125 e. The lowest BCUT2D eigenvalue weighted by molar-refractivity contribution is 0.270. The normalized spacial score (nSPS) is 11.0. The molecule has 0 aromatic carbocycles. The van der Waals surface area contributed by atoms with E-state index in [9.17, 15) is 0 Å². The van der Waals surface area contributed by atoms with Crippen LogP contribution in [-0.2, 0) is 13.1 Å². The number of aliphatic hydroxyl groups excluding tert-OH is 1. The van der Waals surface area contributed by atoms with Gasteiger partial charge >= 0.3 is 0 Å². The Labute approximate surface area is 121 Å². The van der Waals surface area contributed by atoms with E-state index in [0.717, 1.165) is 28.7 Å². The van der Waals surface area contributed by atoms with E-state index in [4.69, 9.17) is 9.52 Å². The number of anilines is 1. The maximum atomic E-state index is 9.17. The smallest absolute Gasteiger partial charge is 0.125 e. The Hall–Kier alpha value is -2.54. The van der Waals surface area contributed by atoms with Gasteiger partial charge in [-0.1, -0.05) is 0 Å². The van der Waals surface area contributed by atoms with Gasteiger partial charge < -0.3 is 19.8 Å². The average Bonchev–Trinajstić information content (AvgIpc) is 3.18. The minimum Gasteiger partial charge on any atom is -0.469 e. The van der Waals surface area contributed by atoms with Crippen molar-refractivity contribution in [3.63, 3.8) is 0 Å². The number of H-pyrrole nitrogens is 1. The third kappa shape index (κ3) is 2.82. The fraction of sp³-hybridized carbons (Fsp3) is 0.286. The molecule has 0 fully saturated rings. The summed E-state index contributed by atoms with van der Waals surface area (Å²) in [6.07, 6.45) is 5.14. The summed E-state index contributed by atoms with van der Waals surface area (Å²) in [6, 6.07) is 3.83. The molecule has 7 heteroatoms. The first kappa shape index (κ1) is 13.4. The van der Waals surface area contributed by atoms with Crippen molar-refractivity contribution in [2.24, 2.45) is 0 Å². The minimum atomic E-state index is 0.0287. The van der Waals surface area contributed by atoms with Crippen LogP contribution in [0.1, 0.15) is 11.6 Å². The van der Waals surface area contributed by atoms with E-state index in [1.54, 1.807) is 23.3 Å². The van der Waals surface area contributed by atoms with Crippen LogP contribution < -0.4 is 5.32 Å². The molecule has 0 amide bonds. The minimum absolute atomic E-state index is 0.0287. The second-order valence-electron chi connectivity index (χ2n) is 4.64. The number of imidazole rings is 1. The van der Waals surface area contributed by atoms with Gasteiger partial charge in [0.05, 0.1) is 31.7 Å². The summed E-state index contributed by atoms with van der Waals surface area (Å²) >= 11 is 0. The van der Waals surface area contributed by atoms with Crippen molar-refractivity contribution in [3.8, 4) is 11.3 Å². The Balaban J connectivity index is 1.84. The van der Waals surface area contributed by atoms with Crippen LogP contribution in [0.4, 0.5) is 5.82 Å². The molecule has 0 bridgehead atoms. The maximum absolute atomic E-state index is 9.17. The number of aliphatic hydroxyl groups is 1. The lowest BCUT2D eigenvalue weighted by Gasteiger charge is -2.06. The van der Waals surface area contributed by atoms with Gasteiger partial charge in [0.2, 0.25) is 0 Å². The molecule has 3 N–H and O–H groups in total. The third-order valence-corrected chi connectivity index (χ3v) is 3.22. The van der Waals surface area contributed by atoms with Crippen molar-refractivity contribution in [2.45, 2.75) is 20.0 Å². The molecule has 3 aromatic rings. The Morgan fingerprint density at radius 3 is 3.05 bits per heavy atom. The van der Waals surface area contributed by atoms with Crippen molar-refractivity contribution in [1.82, 2.24) is 19.7 Å². The average molecular weight is 287 g/mol. The van der Waals surface area contributed by atoms with E-state index in [1.807, 2.05) is 19.1 Å². The molecule has 0 unspecified atom stereocenters. The van der Waals surface area contributed by atoms with E-state index >= 15 is 0 Å². The molecule has 3 aromatic heterocycles. The van der Waals surface area contributed by atoms with Gasteiger partial charge in [-0.05, 0) is 13.0 Å². The zero-order chi connectivity index (χ0) is 14.7. The highest BCUT2D eigenvalue weighted by Crippen LogP contribution is 2.26. The van der Waals surface area contributed by atoms with E-state index in [-0.39, 0.29) is 6.61 Å². The van der Waals surface area contributed by atoms with Crippen molar-refractivity contribution < 1.29 is 9.52 Å². The highest BCUT2D eigenvalue weighted by molar-refractivity contribution is 5.64. The fourth-order valence-corrected chi connectivity index (χ4v) is 2.18. The van der Waals surface area contributed by atoms with Gasteiger partial charge in [-0.15, -0.1) is 0 Å². The van der Waals surface area contributed by atoms with Crippen molar-refractivity contribution in [2.75, 3.05) is 11.9 Å². The summed E-state index contributed by atoms with van der Waals surface area (Å²) in [6.45, 7) is 2.92. The zero-order valence-corrected chi connectivity index (χ0v) is 11.7. The first-order valence-corrected chi connectivity index (χ1v) is 6.73. The SMILES string of the molecule is Cc1occc1-c1cc(NCc2ncc[nH]2)n(CCO)n1. The molecule has 0 atom stereocenters. The van der Waals surface area contributed by atoms with Crippen LogP contribution in [0.15, 0.2) is 35.2 Å². The number of aromatic amines is 1. The molecule has 3 heterocycles. The van der Waals surface area contributed by atoms with Gasteiger partial charge in [-0.2, -0.15) is 5.10 Å². The highest BCUT2D eigenvalue weighted by Gasteiger charge is 2.12. The topological polar surface area (TPSA) is 91.9 Å². The number of hydrogen-bond donors (Lipinski definition) is 3. The van der Waals surface area contributed by atoms with Crippen LogP contribution >= 0.6 is 0 Å². The molecule has 0 saturated carbocycles. The quantitative estimate of drug-likeness (QED) is 0.642. The summed E-state index contributed by atoms with van der Waals surface area (Å²) in [7, 11) is 0. The number of rotatable bonds is 6. The van der Waals surface area contributed by atoms with Gasteiger partial charge in [0.25, 0.3) is 0 Å². The van der Waals surface area contributed by atoms with E-state index in [0.29, 0.717) is 13.1 Å². The lowest BCUT2D eigenvalue weighted by Crippen LogP contribution is -2.10. The van der Waals surface area contributed by atoms with Crippen LogP contribution in [0, 0.1) is 6.92 Å². The third-order valence-electron chi connectivity index (χ3n) is 3.22. The predicted molar refractivity (Wildman–Crippen MR) is 77.7 cm³/mol. The van der Waals surface area contributed by atoms with Crippen molar-refractivity contribution in [1.29, 1.82) is 0 Å². The van der Waals surface area contributed by atoms with Crippen LogP contribution in [0.25, 0.3) is 11.3 Å². The first-order valence-electron chi connectivity index (χ1n) is 6.73. The Bertz CT molecular complexity index is 699. The summed E-state index contributed by atoms with van der Waals surface area (Å²) < 4.78 is 7.05. The van der Waals surface area contributed by atoms with Crippen molar-refractivity contribution in [3.05, 3.63) is 42.4 Å². The van der Waals surface area contributed by atoms with E-state index < -0.39 is 0 Å². The Morgan fingerprint density at radius 1 is 1.48 bits per heavy atom. The number of nitrogens with one attached hydrogen (secondary N) is 2. The lowest BCUT2D eigenvalue weighted by atomic mass is 10.2. The summed E-state index contributed by atoms with van der Waals surface area (Å²) in [5.74, 6) is 2.49. The molecule has 0 aliphatic carbocycles. The van der Waals surface area contributed by atoms with Crippen LogP contribution in [0.5, 0.6) is 0 Å². The number of nitrogens with zero attached hydrogens (tertiary/aromatic N) is 3. The Morgan fingerprint density at radius 2 is 2.38 bits per heavy atom. The van der Waals surface area contributed by atoms with Gasteiger partial charge in [0.1, 0.15) is 17.4 Å². The van der Waals surface area contributed by atoms with E-state index in [1.165, 1.54) is 0 Å². The van der Waals surface area contributed by atoms with Crippen LogP contribution in [0.3, 0.4) is 0 Å². The number of aromatic nitrogens is 4. The molecule has 21 heavy (non-hydrogen) atoms. The summed E-state index contributed by atoms with van der Waals surface area (Å²) in [4.78, 5) is 7.20. The van der Waals surface area contributed by atoms with Crippen molar-refractivity contribution >= 4 is 5.82 Å². The molecule has 3 rings (SSSR count). The molecule has 0 aliphatic heterocycles. The van der Waals surface area contributed by atoms with E-state index in [2.05, 4.69) is 20.4 Å².